The molecule has 1 saturated heterocycles. The summed E-state index contributed by atoms with van der Waals surface area (Å²) >= 11 is 1.85. The number of rotatable bonds is 11. The first-order chi connectivity index (χ1) is 14.9. The summed E-state index contributed by atoms with van der Waals surface area (Å²) < 4.78 is 5.31. The van der Waals surface area contributed by atoms with Gasteiger partial charge in [-0.15, -0.1) is 0 Å². The highest BCUT2D eigenvalue weighted by atomic mass is 32.2. The minimum absolute atomic E-state index is 0.189. The number of aliphatic hydroxyl groups is 2. The van der Waals surface area contributed by atoms with Crippen molar-refractivity contribution >= 4 is 17.7 Å². The van der Waals surface area contributed by atoms with Crippen LogP contribution in [-0.2, 0) is 9.53 Å². The Bertz CT molecular complexity index is 641. The molecule has 5 nitrogen and oxygen atoms in total. The quantitative estimate of drug-likeness (QED) is 0.369. The molecule has 6 heteroatoms. The van der Waals surface area contributed by atoms with Crippen LogP contribution in [0.5, 0.6) is 0 Å². The molecule has 0 aromatic rings. The molecule has 31 heavy (non-hydrogen) atoms. The number of allylic oxidation sites excluding steroid dienone is 1. The van der Waals surface area contributed by atoms with Crippen LogP contribution in [0.2, 0.25) is 0 Å². The lowest BCUT2D eigenvalue weighted by Gasteiger charge is -2.26. The Hall–Kier alpha value is -0.820. The first-order valence-electron chi connectivity index (χ1n) is 12.1. The van der Waals surface area contributed by atoms with Crippen LogP contribution in [0.3, 0.4) is 0 Å². The molecule has 5 atom stereocenters. The van der Waals surface area contributed by atoms with Crippen LogP contribution in [0.25, 0.3) is 0 Å². The van der Waals surface area contributed by atoms with E-state index in [9.17, 15) is 15.0 Å². The monoisotopic (exact) mass is 451 g/mol. The van der Waals surface area contributed by atoms with Crippen molar-refractivity contribution in [2.45, 2.75) is 70.5 Å². The van der Waals surface area contributed by atoms with E-state index < -0.39 is 5.60 Å². The Morgan fingerprint density at radius 3 is 2.90 bits per heavy atom. The van der Waals surface area contributed by atoms with Gasteiger partial charge in [-0.1, -0.05) is 43.6 Å². The van der Waals surface area contributed by atoms with Gasteiger partial charge in [-0.25, -0.2) is 0 Å². The molecule has 0 bridgehead atoms. The van der Waals surface area contributed by atoms with Crippen molar-refractivity contribution in [1.29, 1.82) is 0 Å². The number of carbonyl (C=O) groups is 1. The molecule has 2 fully saturated rings. The van der Waals surface area contributed by atoms with Gasteiger partial charge < -0.3 is 19.8 Å². The van der Waals surface area contributed by atoms with E-state index >= 15 is 0 Å². The maximum absolute atomic E-state index is 12.3. The largest absolute Gasteiger partial charge is 0.392 e. The normalized spacial score (nSPS) is 30.5. The highest BCUT2D eigenvalue weighted by Crippen LogP contribution is 2.47. The molecule has 0 radical (unpaired) electrons. The van der Waals surface area contributed by atoms with Crippen molar-refractivity contribution in [2.24, 2.45) is 17.8 Å². The van der Waals surface area contributed by atoms with Gasteiger partial charge in [-0.05, 0) is 44.4 Å². The number of carbonyl (C=O) groups excluding carboxylic acids is 1. The Morgan fingerprint density at radius 2 is 2.16 bits per heavy atom. The van der Waals surface area contributed by atoms with E-state index in [-0.39, 0.29) is 17.9 Å². The standard InChI is InChI=1S/C25H41NO4S/c1-3-4-8-25(2,29)9-5-6-21-22-16-19(15-20(22)17-23(21)27)18-31-14-7-24(28)26-10-12-30-13-11-26/h5-6,15,20-23,27,29H,3-4,7-14,16-18H2,1-2H3/b6-5+/t20-,21+,22-,23+,25-/m0/s1. The lowest BCUT2D eigenvalue weighted by atomic mass is 9.88. The third-order valence-electron chi connectivity index (χ3n) is 7.05. The summed E-state index contributed by atoms with van der Waals surface area (Å²) in [5, 5.41) is 21.0. The van der Waals surface area contributed by atoms with Crippen LogP contribution < -0.4 is 0 Å². The van der Waals surface area contributed by atoms with Crippen molar-refractivity contribution in [3.63, 3.8) is 0 Å². The number of hydrogen-bond acceptors (Lipinski definition) is 5. The molecule has 0 aromatic heterocycles. The predicted molar refractivity (Wildman–Crippen MR) is 127 cm³/mol. The molecule has 2 N–H and O–H groups in total. The molecular formula is C25H41NO4S. The fourth-order valence-corrected chi connectivity index (χ4v) is 6.12. The summed E-state index contributed by atoms with van der Waals surface area (Å²) in [6.45, 7) is 6.83. The molecule has 2 aliphatic carbocycles. The summed E-state index contributed by atoms with van der Waals surface area (Å²) in [5.41, 5.74) is 0.822. The molecule has 1 heterocycles. The van der Waals surface area contributed by atoms with Gasteiger partial charge in [0.15, 0.2) is 0 Å². The van der Waals surface area contributed by atoms with Crippen molar-refractivity contribution in [3.05, 3.63) is 23.8 Å². The number of amides is 1. The van der Waals surface area contributed by atoms with E-state index in [1.54, 1.807) is 0 Å². The van der Waals surface area contributed by atoms with E-state index in [4.69, 9.17) is 4.74 Å². The van der Waals surface area contributed by atoms with Crippen LogP contribution in [0.4, 0.5) is 0 Å². The number of hydrogen-bond donors (Lipinski definition) is 2. The first kappa shape index (κ1) is 24.8. The van der Waals surface area contributed by atoms with Crippen LogP contribution in [0, 0.1) is 17.8 Å². The lowest BCUT2D eigenvalue weighted by Crippen LogP contribution is -2.40. The molecule has 3 rings (SSSR count). The topological polar surface area (TPSA) is 70.0 Å². The Labute approximate surface area is 192 Å². The molecule has 1 amide bonds. The Morgan fingerprint density at radius 1 is 1.39 bits per heavy atom. The SMILES string of the molecule is CCCC[C@](C)(O)C/C=C/[C@@H]1[C@H]2CC(CSCCC(=O)N3CCOCC3)=C[C@H]2C[C@H]1O. The first-order valence-corrected chi connectivity index (χ1v) is 13.2. The molecule has 1 aliphatic heterocycles. The molecule has 1 saturated carbocycles. The molecule has 3 aliphatic rings. The van der Waals surface area contributed by atoms with E-state index in [0.717, 1.165) is 56.7 Å². The van der Waals surface area contributed by atoms with Gasteiger partial charge in [0.25, 0.3) is 0 Å². The number of thioether (sulfide) groups is 1. The fraction of sp³-hybridized carbons (Fsp3) is 0.800. The highest BCUT2D eigenvalue weighted by molar-refractivity contribution is 7.99. The van der Waals surface area contributed by atoms with Crippen LogP contribution in [-0.4, -0.2) is 70.5 Å². The van der Waals surface area contributed by atoms with Gasteiger partial charge >= 0.3 is 0 Å². The van der Waals surface area contributed by atoms with Gasteiger partial charge in [0, 0.05) is 36.9 Å². The summed E-state index contributed by atoms with van der Waals surface area (Å²) in [7, 11) is 0. The van der Waals surface area contributed by atoms with Crippen molar-refractivity contribution in [1.82, 2.24) is 4.90 Å². The van der Waals surface area contributed by atoms with Crippen LogP contribution in [0.15, 0.2) is 23.8 Å². The number of morpholine rings is 1. The number of fused-ring (bicyclic) bond motifs is 1. The lowest BCUT2D eigenvalue weighted by molar-refractivity contribution is -0.134. The number of nitrogens with zero attached hydrogens (tertiary/aromatic N) is 1. The van der Waals surface area contributed by atoms with Crippen molar-refractivity contribution in [3.8, 4) is 0 Å². The van der Waals surface area contributed by atoms with Crippen LogP contribution in [0.1, 0.15) is 58.8 Å². The molecule has 0 spiro atoms. The second-order valence-corrected chi connectivity index (χ2v) is 10.9. The minimum Gasteiger partial charge on any atom is -0.392 e. The zero-order valence-corrected chi connectivity index (χ0v) is 20.1. The predicted octanol–water partition coefficient (Wildman–Crippen LogP) is 3.80. The zero-order chi connectivity index (χ0) is 22.3. The highest BCUT2D eigenvalue weighted by Gasteiger charge is 2.43. The van der Waals surface area contributed by atoms with Gasteiger partial charge in [-0.3, -0.25) is 4.79 Å². The van der Waals surface area contributed by atoms with Gasteiger partial charge in [0.1, 0.15) is 0 Å². The summed E-state index contributed by atoms with van der Waals surface area (Å²) in [5.74, 6) is 3.24. The molecule has 176 valence electrons. The number of ether oxygens (including phenoxy) is 1. The maximum atomic E-state index is 12.3. The molecule has 0 aromatic carbocycles. The zero-order valence-electron chi connectivity index (χ0n) is 19.3. The maximum Gasteiger partial charge on any atom is 0.223 e. The smallest absolute Gasteiger partial charge is 0.223 e. The summed E-state index contributed by atoms with van der Waals surface area (Å²) in [4.78, 5) is 14.2. The van der Waals surface area contributed by atoms with Gasteiger partial charge in [0.05, 0.1) is 24.9 Å². The number of aliphatic hydroxyl groups excluding tert-OH is 1. The second kappa shape index (κ2) is 11.9. The third kappa shape index (κ3) is 7.34. The van der Waals surface area contributed by atoms with Gasteiger partial charge in [0.2, 0.25) is 5.91 Å². The third-order valence-corrected chi connectivity index (χ3v) is 8.11. The summed E-state index contributed by atoms with van der Waals surface area (Å²) in [6.07, 6.45) is 12.5. The van der Waals surface area contributed by atoms with E-state index in [2.05, 4.69) is 25.2 Å². The van der Waals surface area contributed by atoms with E-state index in [1.807, 2.05) is 23.6 Å². The van der Waals surface area contributed by atoms with E-state index in [1.165, 1.54) is 5.57 Å². The Balaban J connectivity index is 1.39. The fourth-order valence-electron chi connectivity index (χ4n) is 5.18. The number of unbranched alkanes of at least 4 members (excludes halogenated alkanes) is 1. The van der Waals surface area contributed by atoms with Crippen LogP contribution >= 0.6 is 11.8 Å². The second-order valence-electron chi connectivity index (χ2n) is 9.77. The minimum atomic E-state index is -0.649. The molecule has 0 unspecified atom stereocenters. The van der Waals surface area contributed by atoms with Gasteiger partial charge in [-0.2, -0.15) is 11.8 Å². The average molecular weight is 452 g/mol. The molecular weight excluding hydrogens is 410 g/mol. The average Bonchev–Trinajstić information content (AvgIpc) is 3.27. The summed E-state index contributed by atoms with van der Waals surface area (Å²) in [6, 6.07) is 0. The van der Waals surface area contributed by atoms with Crippen molar-refractivity contribution in [2.75, 3.05) is 37.8 Å². The van der Waals surface area contributed by atoms with Crippen molar-refractivity contribution < 1.29 is 19.7 Å². The Kier molecular flexibility index (Phi) is 9.50. The van der Waals surface area contributed by atoms with E-state index in [0.29, 0.717) is 37.9 Å².